The molecule has 0 radical (unpaired) electrons. The van der Waals surface area contributed by atoms with Gasteiger partial charge in [-0.2, -0.15) is 0 Å². The zero-order valence-electron chi connectivity index (χ0n) is 23.6. The van der Waals surface area contributed by atoms with Gasteiger partial charge in [-0.15, -0.1) is 0 Å². The Hall–Kier alpha value is -2.91. The third-order valence-electron chi connectivity index (χ3n) is 7.14. The maximum absolute atomic E-state index is 13.1. The average Bonchev–Trinajstić information content (AvgIpc) is 2.91. The summed E-state index contributed by atoms with van der Waals surface area (Å²) in [7, 11) is -3.26. The van der Waals surface area contributed by atoms with E-state index in [1.165, 1.54) is 6.26 Å². The van der Waals surface area contributed by atoms with Crippen LogP contribution in [0.4, 0.5) is 4.79 Å². The molecule has 1 aliphatic heterocycles. The number of amides is 2. The third kappa shape index (κ3) is 9.65. The number of nitrogens with zero attached hydrogens (tertiary/aromatic N) is 2. The number of benzene rings is 2. The molecule has 9 heteroatoms. The van der Waals surface area contributed by atoms with Crippen LogP contribution in [-0.4, -0.2) is 75.3 Å². The second-order valence-electron chi connectivity index (χ2n) is 10.7. The van der Waals surface area contributed by atoms with E-state index in [0.29, 0.717) is 13.2 Å². The SMILES string of the molecule is CCN(C(=O)Cc1ccc(S(C)(=O)=O)cc1)C1CCN(CC[C@H](NC(=O)OCC(C)C)c2ccccc2)CC1. The molecule has 2 aromatic rings. The van der Waals surface area contributed by atoms with Gasteiger partial charge in [0, 0.05) is 38.5 Å². The van der Waals surface area contributed by atoms with Crippen LogP contribution in [0.3, 0.4) is 0 Å². The minimum atomic E-state index is -3.26. The Morgan fingerprint density at radius 2 is 1.69 bits per heavy atom. The Kier molecular flexibility index (Phi) is 11.4. The molecule has 1 N–H and O–H groups in total. The largest absolute Gasteiger partial charge is 0.449 e. The summed E-state index contributed by atoms with van der Waals surface area (Å²) < 4.78 is 28.8. The summed E-state index contributed by atoms with van der Waals surface area (Å²) in [5.74, 6) is 0.346. The van der Waals surface area contributed by atoms with Gasteiger partial charge in [0.25, 0.3) is 0 Å². The standard InChI is InChI=1S/C30H43N3O5S/c1-5-33(29(34)21-24-11-13-27(14-12-24)39(4,36)37)26-15-18-32(19-16-26)20-17-28(25-9-7-6-8-10-25)31-30(35)38-22-23(2)3/h6-14,23,26,28H,5,15-22H2,1-4H3,(H,31,35)/t28-/m0/s1. The highest BCUT2D eigenvalue weighted by atomic mass is 32.2. The smallest absolute Gasteiger partial charge is 0.407 e. The molecule has 214 valence electrons. The molecular weight excluding hydrogens is 514 g/mol. The molecule has 0 bridgehead atoms. The van der Waals surface area contributed by atoms with Crippen molar-refractivity contribution in [3.8, 4) is 0 Å². The van der Waals surface area contributed by atoms with Crippen molar-refractivity contribution in [2.24, 2.45) is 5.92 Å². The second-order valence-corrected chi connectivity index (χ2v) is 12.7. The van der Waals surface area contributed by atoms with Gasteiger partial charge in [-0.1, -0.05) is 56.3 Å². The number of sulfone groups is 1. The van der Waals surface area contributed by atoms with Gasteiger partial charge in [0.15, 0.2) is 9.84 Å². The molecular formula is C30H43N3O5S. The average molecular weight is 558 g/mol. The van der Waals surface area contributed by atoms with Gasteiger partial charge in [-0.3, -0.25) is 4.79 Å². The molecule has 0 aliphatic carbocycles. The van der Waals surface area contributed by atoms with Crippen LogP contribution >= 0.6 is 0 Å². The molecule has 1 heterocycles. The summed E-state index contributed by atoms with van der Waals surface area (Å²) in [5.41, 5.74) is 1.87. The van der Waals surface area contributed by atoms with E-state index in [-0.39, 0.29) is 41.3 Å². The minimum absolute atomic E-state index is 0.0660. The van der Waals surface area contributed by atoms with Crippen molar-refractivity contribution in [2.45, 2.75) is 63.4 Å². The quantitative estimate of drug-likeness (QED) is 0.414. The number of piperidine rings is 1. The number of likely N-dealkylation sites (N-methyl/N-ethyl adjacent to an activating group) is 1. The summed E-state index contributed by atoms with van der Waals surface area (Å²) >= 11 is 0. The Morgan fingerprint density at radius 3 is 2.26 bits per heavy atom. The Morgan fingerprint density at radius 1 is 1.05 bits per heavy atom. The van der Waals surface area contributed by atoms with Gasteiger partial charge >= 0.3 is 6.09 Å². The van der Waals surface area contributed by atoms with Crippen molar-refractivity contribution >= 4 is 21.8 Å². The number of nitrogens with one attached hydrogen (secondary N) is 1. The van der Waals surface area contributed by atoms with Crippen LogP contribution in [0.1, 0.15) is 57.2 Å². The molecule has 1 fully saturated rings. The highest BCUT2D eigenvalue weighted by Crippen LogP contribution is 2.22. The Balaban J connectivity index is 1.51. The fourth-order valence-corrected chi connectivity index (χ4v) is 5.60. The molecule has 3 rings (SSSR count). The predicted octanol–water partition coefficient (Wildman–Crippen LogP) is 4.46. The lowest BCUT2D eigenvalue weighted by Crippen LogP contribution is -2.48. The van der Waals surface area contributed by atoms with E-state index in [1.54, 1.807) is 24.3 Å². The van der Waals surface area contributed by atoms with Crippen LogP contribution in [0.5, 0.6) is 0 Å². The van der Waals surface area contributed by atoms with Crippen molar-refractivity contribution in [2.75, 3.05) is 39.0 Å². The number of hydrogen-bond acceptors (Lipinski definition) is 6. The Bertz CT molecular complexity index is 1160. The van der Waals surface area contributed by atoms with Gasteiger partial charge in [-0.05, 0) is 55.4 Å². The topological polar surface area (TPSA) is 96.0 Å². The van der Waals surface area contributed by atoms with E-state index in [1.807, 2.05) is 56.0 Å². The fourth-order valence-electron chi connectivity index (χ4n) is 4.97. The van der Waals surface area contributed by atoms with Crippen molar-refractivity contribution in [3.05, 3.63) is 65.7 Å². The Labute approximate surface area is 233 Å². The molecule has 2 aromatic carbocycles. The number of rotatable bonds is 12. The minimum Gasteiger partial charge on any atom is -0.449 e. The van der Waals surface area contributed by atoms with Gasteiger partial charge in [-0.25, -0.2) is 13.2 Å². The first kappa shape index (κ1) is 30.6. The highest BCUT2D eigenvalue weighted by Gasteiger charge is 2.27. The molecule has 0 unspecified atom stereocenters. The van der Waals surface area contributed by atoms with E-state index < -0.39 is 9.84 Å². The highest BCUT2D eigenvalue weighted by molar-refractivity contribution is 7.90. The summed E-state index contributed by atoms with van der Waals surface area (Å²) in [6.07, 6.45) is 3.61. The lowest BCUT2D eigenvalue weighted by atomic mass is 10.00. The lowest BCUT2D eigenvalue weighted by Gasteiger charge is -2.38. The first-order chi connectivity index (χ1) is 18.6. The molecule has 2 amide bonds. The van der Waals surface area contributed by atoms with E-state index >= 15 is 0 Å². The first-order valence-corrected chi connectivity index (χ1v) is 15.7. The second kappa shape index (κ2) is 14.5. The monoisotopic (exact) mass is 557 g/mol. The molecule has 1 atom stereocenters. The first-order valence-electron chi connectivity index (χ1n) is 13.9. The normalized spacial score (nSPS) is 15.6. The molecule has 0 saturated carbocycles. The van der Waals surface area contributed by atoms with E-state index in [9.17, 15) is 18.0 Å². The lowest BCUT2D eigenvalue weighted by molar-refractivity contribution is -0.133. The number of carbonyl (C=O) groups is 2. The third-order valence-corrected chi connectivity index (χ3v) is 8.27. The van der Waals surface area contributed by atoms with E-state index in [0.717, 1.165) is 50.0 Å². The van der Waals surface area contributed by atoms with Gasteiger partial charge in [0.1, 0.15) is 0 Å². The van der Waals surface area contributed by atoms with E-state index in [4.69, 9.17) is 4.74 Å². The summed E-state index contributed by atoms with van der Waals surface area (Å²) in [6.45, 7) is 9.67. The molecule has 0 spiro atoms. The van der Waals surface area contributed by atoms with Crippen LogP contribution in [0.2, 0.25) is 0 Å². The maximum Gasteiger partial charge on any atom is 0.407 e. The molecule has 39 heavy (non-hydrogen) atoms. The summed E-state index contributed by atoms with van der Waals surface area (Å²) in [6, 6.07) is 16.6. The van der Waals surface area contributed by atoms with Crippen molar-refractivity contribution in [1.29, 1.82) is 0 Å². The fraction of sp³-hybridized carbons (Fsp3) is 0.533. The maximum atomic E-state index is 13.1. The van der Waals surface area contributed by atoms with Crippen LogP contribution in [0, 0.1) is 5.92 Å². The van der Waals surface area contributed by atoms with Gasteiger partial charge in [0.2, 0.25) is 5.91 Å². The molecule has 1 saturated heterocycles. The van der Waals surface area contributed by atoms with Crippen molar-refractivity contribution in [1.82, 2.24) is 15.1 Å². The zero-order valence-corrected chi connectivity index (χ0v) is 24.5. The predicted molar refractivity (Wildman–Crippen MR) is 153 cm³/mol. The molecule has 8 nitrogen and oxygen atoms in total. The van der Waals surface area contributed by atoms with Crippen LogP contribution in [0.15, 0.2) is 59.5 Å². The van der Waals surface area contributed by atoms with E-state index in [2.05, 4.69) is 10.2 Å². The molecule has 1 aliphatic rings. The van der Waals surface area contributed by atoms with Crippen LogP contribution in [0.25, 0.3) is 0 Å². The summed E-state index contributed by atoms with van der Waals surface area (Å²) in [5, 5.41) is 3.04. The number of alkyl carbamates (subject to hydrolysis) is 1. The number of carbonyl (C=O) groups excluding carboxylic acids is 2. The molecule has 0 aromatic heterocycles. The van der Waals surface area contributed by atoms with Crippen LogP contribution in [-0.2, 0) is 25.8 Å². The number of likely N-dealkylation sites (tertiary alicyclic amines) is 1. The van der Waals surface area contributed by atoms with Crippen LogP contribution < -0.4 is 5.32 Å². The number of hydrogen-bond donors (Lipinski definition) is 1. The van der Waals surface area contributed by atoms with Crippen molar-refractivity contribution < 1.29 is 22.7 Å². The van der Waals surface area contributed by atoms with Crippen molar-refractivity contribution in [3.63, 3.8) is 0 Å². The van der Waals surface area contributed by atoms with Gasteiger partial charge < -0.3 is 19.9 Å². The summed E-state index contributed by atoms with van der Waals surface area (Å²) in [4.78, 5) is 30.1. The zero-order chi connectivity index (χ0) is 28.4. The number of ether oxygens (including phenoxy) is 1. The van der Waals surface area contributed by atoms with Gasteiger partial charge in [0.05, 0.1) is 24.0 Å².